The van der Waals surface area contributed by atoms with E-state index in [0.717, 1.165) is 18.0 Å². The Morgan fingerprint density at radius 2 is 2.00 bits per heavy atom. The van der Waals surface area contributed by atoms with E-state index in [-0.39, 0.29) is 0 Å². The molecule has 0 atom stereocenters. The Hall–Kier alpha value is -2.55. The van der Waals surface area contributed by atoms with Crippen LogP contribution >= 0.6 is 11.8 Å². The number of nitrogen functional groups attached to an aromatic ring is 2. The minimum atomic E-state index is 0.326. The van der Waals surface area contributed by atoms with Crippen LogP contribution in [0.3, 0.4) is 0 Å². The lowest BCUT2D eigenvalue weighted by Gasteiger charge is -2.07. The van der Waals surface area contributed by atoms with Gasteiger partial charge in [0.2, 0.25) is 0 Å². The van der Waals surface area contributed by atoms with Crippen LogP contribution in [0, 0.1) is 0 Å². The van der Waals surface area contributed by atoms with Gasteiger partial charge >= 0.3 is 0 Å². The second-order valence-corrected chi connectivity index (χ2v) is 5.18. The quantitative estimate of drug-likeness (QED) is 0.616. The molecular formula is C12H14N8S. The maximum absolute atomic E-state index is 5.69. The van der Waals surface area contributed by atoms with Crippen LogP contribution in [-0.2, 0) is 0 Å². The first kappa shape index (κ1) is 13.4. The van der Waals surface area contributed by atoms with Crippen LogP contribution in [0.5, 0.6) is 0 Å². The maximum Gasteiger partial charge on any atom is 0.197 e. The number of hydrogen-bond acceptors (Lipinski definition) is 8. The summed E-state index contributed by atoms with van der Waals surface area (Å²) in [7, 11) is 0. The molecular weight excluding hydrogens is 288 g/mol. The van der Waals surface area contributed by atoms with E-state index in [1.165, 1.54) is 17.8 Å². The highest BCUT2D eigenvalue weighted by Crippen LogP contribution is 2.28. The molecule has 0 aliphatic heterocycles. The lowest BCUT2D eigenvalue weighted by atomic mass is 10.5. The van der Waals surface area contributed by atoms with Crippen molar-refractivity contribution in [3.05, 3.63) is 24.7 Å². The van der Waals surface area contributed by atoms with Crippen molar-refractivity contribution in [1.82, 2.24) is 24.3 Å². The highest BCUT2D eigenvalue weighted by Gasteiger charge is 2.11. The van der Waals surface area contributed by atoms with E-state index in [1.807, 2.05) is 23.7 Å². The van der Waals surface area contributed by atoms with Gasteiger partial charge < -0.3 is 21.2 Å². The number of nitrogens with zero attached hydrogens (tertiary/aromatic N) is 5. The van der Waals surface area contributed by atoms with Crippen LogP contribution < -0.4 is 16.8 Å². The first-order valence-electron chi connectivity index (χ1n) is 6.31. The predicted molar refractivity (Wildman–Crippen MR) is 82.1 cm³/mol. The molecule has 0 aliphatic rings. The highest BCUT2D eigenvalue weighted by atomic mass is 32.2. The Morgan fingerprint density at radius 3 is 2.71 bits per heavy atom. The zero-order valence-electron chi connectivity index (χ0n) is 11.3. The van der Waals surface area contributed by atoms with Crippen molar-refractivity contribution in [3.8, 4) is 0 Å². The Morgan fingerprint density at radius 1 is 1.24 bits per heavy atom. The molecule has 0 spiro atoms. The Balaban J connectivity index is 2.04. The average molecular weight is 302 g/mol. The molecule has 9 heteroatoms. The minimum Gasteiger partial charge on any atom is -0.383 e. The lowest BCUT2D eigenvalue weighted by Crippen LogP contribution is -2.03. The van der Waals surface area contributed by atoms with Crippen LogP contribution in [0.1, 0.15) is 6.92 Å². The van der Waals surface area contributed by atoms with E-state index in [1.54, 1.807) is 6.20 Å². The summed E-state index contributed by atoms with van der Waals surface area (Å²) in [6.45, 7) is 2.79. The van der Waals surface area contributed by atoms with E-state index in [4.69, 9.17) is 11.5 Å². The van der Waals surface area contributed by atoms with Crippen molar-refractivity contribution in [1.29, 1.82) is 0 Å². The van der Waals surface area contributed by atoms with Gasteiger partial charge in [0.15, 0.2) is 10.8 Å². The summed E-state index contributed by atoms with van der Waals surface area (Å²) >= 11 is 1.27. The zero-order valence-corrected chi connectivity index (χ0v) is 12.1. The summed E-state index contributed by atoms with van der Waals surface area (Å²) in [6, 6.07) is 1.51. The van der Waals surface area contributed by atoms with Crippen molar-refractivity contribution < 1.29 is 0 Å². The number of rotatable bonds is 4. The van der Waals surface area contributed by atoms with E-state index in [9.17, 15) is 0 Å². The van der Waals surface area contributed by atoms with Crippen molar-refractivity contribution >= 4 is 34.9 Å². The topological polar surface area (TPSA) is 120 Å². The van der Waals surface area contributed by atoms with Gasteiger partial charge in [-0.05, 0) is 18.7 Å². The molecule has 0 saturated heterocycles. The number of aromatic nitrogens is 5. The van der Waals surface area contributed by atoms with Crippen molar-refractivity contribution in [2.45, 2.75) is 17.1 Å². The summed E-state index contributed by atoms with van der Waals surface area (Å²) in [5.74, 6) is 1.40. The molecule has 0 unspecified atom stereocenters. The maximum atomic E-state index is 5.69. The second-order valence-electron chi connectivity index (χ2n) is 4.22. The van der Waals surface area contributed by atoms with Gasteiger partial charge in [-0.1, -0.05) is 0 Å². The fraction of sp³-hybridized carbons (Fsp3) is 0.167. The van der Waals surface area contributed by atoms with E-state index in [0.29, 0.717) is 21.8 Å². The van der Waals surface area contributed by atoms with Gasteiger partial charge in [0.1, 0.15) is 22.5 Å². The van der Waals surface area contributed by atoms with Crippen molar-refractivity contribution in [2.24, 2.45) is 0 Å². The number of anilines is 3. The summed E-state index contributed by atoms with van der Waals surface area (Å²) in [6.07, 6.45) is 5.45. The predicted octanol–water partition coefficient (Wildman–Crippen LogP) is 1.27. The van der Waals surface area contributed by atoms with Crippen LogP contribution in [0.25, 0.3) is 5.65 Å². The van der Waals surface area contributed by atoms with Gasteiger partial charge in [-0.15, -0.1) is 0 Å². The third-order valence-corrected chi connectivity index (χ3v) is 3.47. The molecule has 0 amide bonds. The molecule has 3 heterocycles. The van der Waals surface area contributed by atoms with Crippen LogP contribution in [0.15, 0.2) is 34.8 Å². The molecule has 0 bridgehead atoms. The van der Waals surface area contributed by atoms with Gasteiger partial charge in [-0.2, -0.15) is 0 Å². The van der Waals surface area contributed by atoms with Gasteiger partial charge in [-0.3, -0.25) is 0 Å². The van der Waals surface area contributed by atoms with E-state index >= 15 is 0 Å². The van der Waals surface area contributed by atoms with E-state index < -0.39 is 0 Å². The van der Waals surface area contributed by atoms with Crippen LogP contribution in [0.4, 0.5) is 17.5 Å². The molecule has 21 heavy (non-hydrogen) atoms. The average Bonchev–Trinajstić information content (AvgIpc) is 2.86. The third-order valence-electron chi connectivity index (χ3n) is 2.63. The molecule has 3 aromatic heterocycles. The number of fused-ring (bicyclic) bond motifs is 1. The molecule has 3 rings (SSSR count). The number of imidazole rings is 1. The van der Waals surface area contributed by atoms with Gasteiger partial charge in [0.25, 0.3) is 0 Å². The van der Waals surface area contributed by atoms with Gasteiger partial charge in [-0.25, -0.2) is 19.9 Å². The Kier molecular flexibility index (Phi) is 3.48. The number of nitrogens with one attached hydrogen (secondary N) is 1. The Bertz CT molecular complexity index is 764. The normalized spacial score (nSPS) is 10.9. The van der Waals surface area contributed by atoms with Crippen LogP contribution in [-0.4, -0.2) is 30.9 Å². The first-order chi connectivity index (χ1) is 10.2. The van der Waals surface area contributed by atoms with Crippen LogP contribution in [0.2, 0.25) is 0 Å². The molecule has 0 aliphatic carbocycles. The van der Waals surface area contributed by atoms with Crippen molar-refractivity contribution in [3.63, 3.8) is 0 Å². The Labute approximate surface area is 125 Å². The fourth-order valence-electron chi connectivity index (χ4n) is 1.83. The summed E-state index contributed by atoms with van der Waals surface area (Å²) in [4.78, 5) is 17.1. The standard InChI is InChI=1S/C12H14N8S/c1-2-15-9-6-20-4-3-16-10(20)11(19-9)21-12-17-7(13)5-8(14)18-12/h3-6,15H,2H2,1H3,(H4,13,14,17,18). The highest BCUT2D eigenvalue weighted by molar-refractivity contribution is 7.99. The molecule has 0 aromatic carbocycles. The smallest absolute Gasteiger partial charge is 0.197 e. The monoisotopic (exact) mass is 302 g/mol. The SMILES string of the molecule is CCNc1cn2ccnc2c(Sc2nc(N)cc(N)n2)n1. The second kappa shape index (κ2) is 5.44. The lowest BCUT2D eigenvalue weighted by molar-refractivity contribution is 0.967. The molecule has 3 aromatic rings. The van der Waals surface area contributed by atoms with Gasteiger partial charge in [0.05, 0.1) is 6.20 Å². The molecule has 0 radical (unpaired) electrons. The molecule has 108 valence electrons. The number of hydrogen-bond donors (Lipinski definition) is 3. The van der Waals surface area contributed by atoms with E-state index in [2.05, 4.69) is 25.3 Å². The number of nitrogens with two attached hydrogens (primary N) is 2. The van der Waals surface area contributed by atoms with Gasteiger partial charge in [0, 0.05) is 25.0 Å². The largest absolute Gasteiger partial charge is 0.383 e. The summed E-state index contributed by atoms with van der Waals surface area (Å²) in [5.41, 5.74) is 12.1. The summed E-state index contributed by atoms with van der Waals surface area (Å²) < 4.78 is 1.89. The molecule has 0 fully saturated rings. The third kappa shape index (κ3) is 2.82. The minimum absolute atomic E-state index is 0.326. The summed E-state index contributed by atoms with van der Waals surface area (Å²) in [5, 5.41) is 4.30. The molecule has 0 saturated carbocycles. The molecule has 5 N–H and O–H groups in total. The van der Waals surface area contributed by atoms with Crippen molar-refractivity contribution in [2.75, 3.05) is 23.3 Å². The zero-order chi connectivity index (χ0) is 14.8. The first-order valence-corrected chi connectivity index (χ1v) is 7.13. The molecule has 8 nitrogen and oxygen atoms in total. The fourth-order valence-corrected chi connectivity index (χ4v) is 2.70.